The van der Waals surface area contributed by atoms with Crippen LogP contribution in [0.5, 0.6) is 0 Å². The molecule has 1 aromatic rings. The number of amides is 4. The molecule has 0 spiro atoms. The van der Waals surface area contributed by atoms with Crippen molar-refractivity contribution in [1.82, 2.24) is 10.6 Å². The Labute approximate surface area is 143 Å². The smallest absolute Gasteiger partial charge is 0.339 e. The molecule has 130 valence electrons. The van der Waals surface area contributed by atoms with Gasteiger partial charge >= 0.3 is 12.0 Å². The van der Waals surface area contributed by atoms with Crippen molar-refractivity contribution in [2.45, 2.75) is 24.8 Å². The van der Waals surface area contributed by atoms with E-state index in [1.165, 1.54) is 6.07 Å². The monoisotopic (exact) mass is 353 g/mol. The molecule has 0 fully saturated rings. The van der Waals surface area contributed by atoms with Crippen molar-refractivity contribution in [3.05, 3.63) is 29.8 Å². The Morgan fingerprint density at radius 1 is 1.21 bits per heavy atom. The number of nitrogens with one attached hydrogen (secondary N) is 2. The fourth-order valence-electron chi connectivity index (χ4n) is 1.58. The summed E-state index contributed by atoms with van der Waals surface area (Å²) in [6.45, 7) is 2.88. The van der Waals surface area contributed by atoms with Crippen LogP contribution in [0.25, 0.3) is 0 Å². The first-order valence-electron chi connectivity index (χ1n) is 7.07. The molecule has 0 radical (unpaired) electrons. The average molecular weight is 353 g/mol. The van der Waals surface area contributed by atoms with Crippen molar-refractivity contribution in [2.75, 3.05) is 12.4 Å². The van der Waals surface area contributed by atoms with E-state index >= 15 is 0 Å². The van der Waals surface area contributed by atoms with Gasteiger partial charge in [-0.25, -0.2) is 9.59 Å². The van der Waals surface area contributed by atoms with Gasteiger partial charge in [-0.15, -0.1) is 11.8 Å². The van der Waals surface area contributed by atoms with Gasteiger partial charge < -0.3 is 15.8 Å². The molecule has 0 aliphatic heterocycles. The molecule has 4 amide bonds. The van der Waals surface area contributed by atoms with Crippen LogP contribution in [0, 0.1) is 0 Å². The molecule has 1 aromatic carbocycles. The van der Waals surface area contributed by atoms with E-state index in [-0.39, 0.29) is 17.4 Å². The summed E-state index contributed by atoms with van der Waals surface area (Å²) >= 11 is 1.10. The highest BCUT2D eigenvalue weighted by molar-refractivity contribution is 8.00. The molecule has 0 bridgehead atoms. The first-order valence-corrected chi connectivity index (χ1v) is 8.05. The van der Waals surface area contributed by atoms with Gasteiger partial charge in [-0.1, -0.05) is 12.1 Å². The van der Waals surface area contributed by atoms with Crippen molar-refractivity contribution < 1.29 is 23.9 Å². The van der Waals surface area contributed by atoms with Gasteiger partial charge in [-0.05, 0) is 26.0 Å². The lowest BCUT2D eigenvalue weighted by molar-refractivity contribution is -0.123. The van der Waals surface area contributed by atoms with Gasteiger partial charge in [0, 0.05) is 10.9 Å². The fraction of sp³-hybridized carbons (Fsp3) is 0.333. The summed E-state index contributed by atoms with van der Waals surface area (Å²) in [5, 5.41) is 4.51. The van der Waals surface area contributed by atoms with Gasteiger partial charge in [0.1, 0.15) is 0 Å². The van der Waals surface area contributed by atoms with Crippen LogP contribution in [0.4, 0.5) is 4.79 Å². The summed E-state index contributed by atoms with van der Waals surface area (Å²) in [5.41, 5.74) is 5.29. The molecular formula is C15H19N3O5S. The van der Waals surface area contributed by atoms with Gasteiger partial charge in [0.05, 0.1) is 11.3 Å². The zero-order valence-electron chi connectivity index (χ0n) is 13.3. The molecule has 0 heterocycles. The molecule has 0 unspecified atom stereocenters. The standard InChI is InChI=1S/C15H19N3O5S/c1-9(2)17-15(22)18-13(20)7-23-14(21)10-5-3-4-6-11(10)24-8-12(16)19/h3-6,9H,7-8H2,1-2H3,(H2,16,19)(H2,17,18,20,22). The van der Waals surface area contributed by atoms with Crippen LogP contribution in [0.1, 0.15) is 24.2 Å². The predicted molar refractivity (Wildman–Crippen MR) is 88.5 cm³/mol. The second kappa shape index (κ2) is 9.56. The third-order valence-corrected chi connectivity index (χ3v) is 3.58. The van der Waals surface area contributed by atoms with Crippen LogP contribution >= 0.6 is 11.8 Å². The molecule has 0 atom stereocenters. The lowest BCUT2D eigenvalue weighted by Gasteiger charge is -2.10. The molecule has 24 heavy (non-hydrogen) atoms. The number of nitrogens with two attached hydrogens (primary N) is 1. The van der Waals surface area contributed by atoms with E-state index < -0.39 is 30.4 Å². The Morgan fingerprint density at radius 3 is 2.50 bits per heavy atom. The van der Waals surface area contributed by atoms with Crippen molar-refractivity contribution in [3.8, 4) is 0 Å². The molecule has 1 rings (SSSR count). The number of hydrogen-bond donors (Lipinski definition) is 3. The number of thioether (sulfide) groups is 1. The number of hydrogen-bond acceptors (Lipinski definition) is 6. The number of urea groups is 1. The highest BCUT2D eigenvalue weighted by atomic mass is 32.2. The molecule has 0 saturated carbocycles. The minimum atomic E-state index is -0.747. The van der Waals surface area contributed by atoms with Gasteiger partial charge in [-0.2, -0.15) is 0 Å². The molecule has 4 N–H and O–H groups in total. The molecule has 0 aliphatic rings. The highest BCUT2D eigenvalue weighted by Crippen LogP contribution is 2.22. The summed E-state index contributed by atoms with van der Waals surface area (Å²) < 4.78 is 4.88. The minimum Gasteiger partial charge on any atom is -0.452 e. The normalized spacial score (nSPS) is 10.1. The van der Waals surface area contributed by atoms with Gasteiger partial charge in [-0.3, -0.25) is 14.9 Å². The van der Waals surface area contributed by atoms with Crippen LogP contribution in [0.3, 0.4) is 0 Å². The van der Waals surface area contributed by atoms with E-state index in [1.54, 1.807) is 32.0 Å². The van der Waals surface area contributed by atoms with Crippen LogP contribution in [0.2, 0.25) is 0 Å². The minimum absolute atomic E-state index is 0.0140. The van der Waals surface area contributed by atoms with Crippen molar-refractivity contribution in [1.29, 1.82) is 0 Å². The van der Waals surface area contributed by atoms with E-state index in [2.05, 4.69) is 5.32 Å². The number of ether oxygens (including phenoxy) is 1. The summed E-state index contributed by atoms with van der Waals surface area (Å²) in [7, 11) is 0. The lowest BCUT2D eigenvalue weighted by atomic mass is 10.2. The summed E-state index contributed by atoms with van der Waals surface area (Å²) in [6.07, 6.45) is 0. The maximum Gasteiger partial charge on any atom is 0.339 e. The van der Waals surface area contributed by atoms with Crippen LogP contribution in [-0.4, -0.2) is 42.2 Å². The number of imide groups is 1. The Hall–Kier alpha value is -2.55. The Morgan fingerprint density at radius 2 is 1.88 bits per heavy atom. The number of rotatable bonds is 7. The topological polar surface area (TPSA) is 128 Å². The first-order chi connectivity index (χ1) is 11.3. The van der Waals surface area contributed by atoms with Gasteiger partial charge in [0.25, 0.3) is 5.91 Å². The summed E-state index contributed by atoms with van der Waals surface area (Å²) in [4.78, 5) is 46.3. The maximum atomic E-state index is 12.0. The fourth-order valence-corrected chi connectivity index (χ4v) is 2.36. The van der Waals surface area contributed by atoms with E-state index in [1.807, 2.05) is 5.32 Å². The molecule has 0 aromatic heterocycles. The molecule has 0 saturated heterocycles. The zero-order chi connectivity index (χ0) is 18.1. The van der Waals surface area contributed by atoms with Crippen molar-refractivity contribution in [3.63, 3.8) is 0 Å². The Balaban J connectivity index is 2.57. The lowest BCUT2D eigenvalue weighted by Crippen LogP contribution is -2.44. The number of carbonyl (C=O) groups excluding carboxylic acids is 4. The molecule has 8 nitrogen and oxygen atoms in total. The summed E-state index contributed by atoms with van der Waals surface area (Å²) in [5.74, 6) is -1.98. The average Bonchev–Trinajstić information content (AvgIpc) is 2.50. The van der Waals surface area contributed by atoms with E-state index in [9.17, 15) is 19.2 Å². The molecule has 0 aliphatic carbocycles. The SMILES string of the molecule is CC(C)NC(=O)NC(=O)COC(=O)c1ccccc1SCC(N)=O. The predicted octanol–water partition coefficient (Wildman–Crippen LogP) is 0.655. The zero-order valence-corrected chi connectivity index (χ0v) is 14.1. The largest absolute Gasteiger partial charge is 0.452 e. The molecular weight excluding hydrogens is 334 g/mol. The Bertz CT molecular complexity index is 633. The van der Waals surface area contributed by atoms with E-state index in [0.29, 0.717) is 4.90 Å². The van der Waals surface area contributed by atoms with Crippen LogP contribution < -0.4 is 16.4 Å². The third-order valence-electron chi connectivity index (χ3n) is 2.48. The second-order valence-electron chi connectivity index (χ2n) is 5.00. The highest BCUT2D eigenvalue weighted by Gasteiger charge is 2.16. The number of primary amides is 1. The number of benzene rings is 1. The van der Waals surface area contributed by atoms with Crippen LogP contribution in [0.15, 0.2) is 29.2 Å². The van der Waals surface area contributed by atoms with E-state index in [0.717, 1.165) is 11.8 Å². The Kier molecular flexibility index (Phi) is 7.76. The van der Waals surface area contributed by atoms with Gasteiger partial charge in [0.2, 0.25) is 5.91 Å². The third kappa shape index (κ3) is 7.14. The van der Waals surface area contributed by atoms with Gasteiger partial charge in [0.15, 0.2) is 6.61 Å². The van der Waals surface area contributed by atoms with Crippen molar-refractivity contribution >= 4 is 35.6 Å². The maximum absolute atomic E-state index is 12.0. The van der Waals surface area contributed by atoms with Crippen molar-refractivity contribution in [2.24, 2.45) is 5.73 Å². The van der Waals surface area contributed by atoms with Crippen LogP contribution in [-0.2, 0) is 14.3 Å². The number of carbonyl (C=O) groups is 4. The first kappa shape index (κ1) is 19.5. The van der Waals surface area contributed by atoms with E-state index in [4.69, 9.17) is 10.5 Å². The molecule has 9 heteroatoms. The second-order valence-corrected chi connectivity index (χ2v) is 6.02. The quantitative estimate of drug-likeness (QED) is 0.488. The summed E-state index contributed by atoms with van der Waals surface area (Å²) in [6, 6.07) is 5.68. The number of esters is 1.